The Morgan fingerprint density at radius 2 is 2.12 bits per heavy atom. The predicted octanol–water partition coefficient (Wildman–Crippen LogP) is 1.33. The van der Waals surface area contributed by atoms with E-state index in [0.717, 1.165) is 18.9 Å². The summed E-state index contributed by atoms with van der Waals surface area (Å²) >= 11 is 0. The molecule has 0 spiro atoms. The summed E-state index contributed by atoms with van der Waals surface area (Å²) in [7, 11) is 0. The van der Waals surface area contributed by atoms with Crippen LogP contribution in [0.15, 0.2) is 29.1 Å². The molecule has 0 saturated heterocycles. The number of nitrogens with two attached hydrogens (primary N) is 1. The van der Waals surface area contributed by atoms with Gasteiger partial charge in [-0.25, -0.2) is 0 Å². The number of non-ortho nitro benzene ring substituents is 1. The Morgan fingerprint density at radius 3 is 2.71 bits per heavy atom. The molecule has 24 heavy (non-hydrogen) atoms. The van der Waals surface area contributed by atoms with E-state index in [1.807, 2.05) is 0 Å². The van der Waals surface area contributed by atoms with Crippen molar-refractivity contribution < 1.29 is 9.72 Å². The van der Waals surface area contributed by atoms with Gasteiger partial charge in [0.25, 0.3) is 11.6 Å². The third-order valence-corrected chi connectivity index (χ3v) is 4.04. The number of aromatic amines is 1. The number of aromatic nitrogens is 1. The molecule has 1 aliphatic rings. The predicted molar refractivity (Wildman–Crippen MR) is 91.5 cm³/mol. The molecule has 1 aromatic heterocycles. The minimum atomic E-state index is -0.543. The number of halogens is 1. The van der Waals surface area contributed by atoms with Crippen molar-refractivity contribution in [2.75, 3.05) is 6.54 Å². The standard InChI is InChI=1S/C15H16N4O4.ClH/c16-7-13(8-1-2-8)18-15(21)11-6-14(20)17-12-4-3-9(19(22)23)5-10(11)12;/h3-6,8,13H,1-2,7,16H2,(H,17,20)(H,18,21);1H. The van der Waals surface area contributed by atoms with Gasteiger partial charge in [-0.05, 0) is 24.8 Å². The molecule has 9 heteroatoms. The van der Waals surface area contributed by atoms with Crippen LogP contribution in [0.5, 0.6) is 0 Å². The fraction of sp³-hybridized carbons (Fsp3) is 0.333. The van der Waals surface area contributed by atoms with Gasteiger partial charge in [0.2, 0.25) is 5.56 Å². The van der Waals surface area contributed by atoms with Crippen molar-refractivity contribution in [1.29, 1.82) is 0 Å². The highest BCUT2D eigenvalue weighted by molar-refractivity contribution is 6.06. The SMILES string of the molecule is Cl.NCC(NC(=O)c1cc(=O)[nH]c2ccc([N+](=O)[O-])cc12)C1CC1. The summed E-state index contributed by atoms with van der Waals surface area (Å²) < 4.78 is 0. The molecule has 8 nitrogen and oxygen atoms in total. The molecule has 128 valence electrons. The Balaban J connectivity index is 0.00000208. The van der Waals surface area contributed by atoms with E-state index in [1.165, 1.54) is 18.2 Å². The molecular formula is C15H17ClN4O4. The molecule has 0 bridgehead atoms. The lowest BCUT2D eigenvalue weighted by atomic mass is 10.1. The third-order valence-electron chi connectivity index (χ3n) is 4.04. The first kappa shape index (κ1) is 17.9. The van der Waals surface area contributed by atoms with Gasteiger partial charge in [0.05, 0.1) is 10.5 Å². The Kier molecular flexibility index (Phi) is 5.20. The number of carbonyl (C=O) groups excluding carboxylic acids is 1. The Labute approximate surface area is 143 Å². The first-order chi connectivity index (χ1) is 11.0. The number of H-pyrrole nitrogens is 1. The molecular weight excluding hydrogens is 336 g/mol. The molecule has 0 radical (unpaired) electrons. The van der Waals surface area contributed by atoms with Crippen LogP contribution in [-0.2, 0) is 0 Å². The number of nitrogens with zero attached hydrogens (tertiary/aromatic N) is 1. The van der Waals surface area contributed by atoms with E-state index in [1.54, 1.807) is 0 Å². The fourth-order valence-corrected chi connectivity index (χ4v) is 2.66. The van der Waals surface area contributed by atoms with Crippen molar-refractivity contribution in [3.63, 3.8) is 0 Å². The number of benzene rings is 1. The molecule has 1 aromatic carbocycles. The van der Waals surface area contributed by atoms with E-state index in [0.29, 0.717) is 23.4 Å². The van der Waals surface area contributed by atoms with Crippen molar-refractivity contribution in [1.82, 2.24) is 10.3 Å². The zero-order valence-electron chi connectivity index (χ0n) is 12.7. The topological polar surface area (TPSA) is 131 Å². The highest BCUT2D eigenvalue weighted by atomic mass is 35.5. The molecule has 1 fully saturated rings. The van der Waals surface area contributed by atoms with Gasteiger partial charge in [-0.2, -0.15) is 0 Å². The highest BCUT2D eigenvalue weighted by Gasteiger charge is 2.31. The van der Waals surface area contributed by atoms with Crippen LogP contribution in [0.4, 0.5) is 5.69 Å². The van der Waals surface area contributed by atoms with Crippen LogP contribution in [-0.4, -0.2) is 28.4 Å². The Bertz CT molecular complexity index is 847. The molecule has 1 aliphatic carbocycles. The monoisotopic (exact) mass is 352 g/mol. The van der Waals surface area contributed by atoms with Crippen LogP contribution in [0.25, 0.3) is 10.9 Å². The minimum absolute atomic E-state index is 0. The molecule has 3 rings (SSSR count). The van der Waals surface area contributed by atoms with Gasteiger partial charge in [-0.1, -0.05) is 0 Å². The van der Waals surface area contributed by atoms with Gasteiger partial charge in [0.15, 0.2) is 0 Å². The Hall–Kier alpha value is -2.45. The van der Waals surface area contributed by atoms with Crippen molar-refractivity contribution in [3.05, 3.63) is 50.3 Å². The summed E-state index contributed by atoms with van der Waals surface area (Å²) in [5, 5.41) is 14.1. The zero-order chi connectivity index (χ0) is 16.6. The average molecular weight is 353 g/mol. The van der Waals surface area contributed by atoms with Gasteiger partial charge in [-0.3, -0.25) is 19.7 Å². The smallest absolute Gasteiger partial charge is 0.270 e. The van der Waals surface area contributed by atoms with Crippen LogP contribution in [0, 0.1) is 16.0 Å². The number of hydrogen-bond acceptors (Lipinski definition) is 5. The minimum Gasteiger partial charge on any atom is -0.348 e. The van der Waals surface area contributed by atoms with Gasteiger partial charge >= 0.3 is 0 Å². The number of fused-ring (bicyclic) bond motifs is 1. The number of pyridine rings is 1. The van der Waals surface area contributed by atoms with Gasteiger partial charge < -0.3 is 16.0 Å². The van der Waals surface area contributed by atoms with Crippen molar-refractivity contribution in [2.45, 2.75) is 18.9 Å². The van der Waals surface area contributed by atoms with Gasteiger partial charge in [0.1, 0.15) is 0 Å². The van der Waals surface area contributed by atoms with E-state index in [9.17, 15) is 19.7 Å². The lowest BCUT2D eigenvalue weighted by Crippen LogP contribution is -2.42. The molecule has 1 unspecified atom stereocenters. The van der Waals surface area contributed by atoms with E-state index in [-0.39, 0.29) is 29.7 Å². The second-order valence-corrected chi connectivity index (χ2v) is 5.69. The van der Waals surface area contributed by atoms with Gasteiger partial charge in [0, 0.05) is 41.7 Å². The van der Waals surface area contributed by atoms with Crippen molar-refractivity contribution in [2.24, 2.45) is 11.7 Å². The van der Waals surface area contributed by atoms with Crippen molar-refractivity contribution >= 4 is 34.9 Å². The van der Waals surface area contributed by atoms with E-state index in [4.69, 9.17) is 5.73 Å². The maximum absolute atomic E-state index is 12.5. The quantitative estimate of drug-likeness (QED) is 0.551. The molecule has 4 N–H and O–H groups in total. The number of nitro benzene ring substituents is 1. The number of amides is 1. The second kappa shape index (κ2) is 6.98. The number of nitrogens with one attached hydrogen (secondary N) is 2. The molecule has 1 saturated carbocycles. The third kappa shape index (κ3) is 3.55. The zero-order valence-corrected chi connectivity index (χ0v) is 13.5. The van der Waals surface area contributed by atoms with Gasteiger partial charge in [-0.15, -0.1) is 12.4 Å². The summed E-state index contributed by atoms with van der Waals surface area (Å²) in [4.78, 5) is 37.2. The normalized spacial score (nSPS) is 14.7. The van der Waals surface area contributed by atoms with Crippen LogP contribution >= 0.6 is 12.4 Å². The molecule has 0 aliphatic heterocycles. The largest absolute Gasteiger partial charge is 0.348 e. The molecule has 2 aromatic rings. The molecule has 1 heterocycles. The number of hydrogen-bond donors (Lipinski definition) is 3. The van der Waals surface area contributed by atoms with E-state index < -0.39 is 16.4 Å². The maximum atomic E-state index is 12.5. The highest BCUT2D eigenvalue weighted by Crippen LogP contribution is 2.32. The summed E-state index contributed by atoms with van der Waals surface area (Å²) in [6.45, 7) is 0.317. The molecule has 1 amide bonds. The van der Waals surface area contributed by atoms with E-state index >= 15 is 0 Å². The van der Waals surface area contributed by atoms with Crippen LogP contribution in [0.3, 0.4) is 0 Å². The number of carbonyl (C=O) groups is 1. The van der Waals surface area contributed by atoms with Crippen LogP contribution in [0.2, 0.25) is 0 Å². The maximum Gasteiger partial charge on any atom is 0.270 e. The second-order valence-electron chi connectivity index (χ2n) is 5.69. The number of nitro groups is 1. The first-order valence-corrected chi connectivity index (χ1v) is 7.32. The summed E-state index contributed by atoms with van der Waals surface area (Å²) in [6.07, 6.45) is 2.04. The Morgan fingerprint density at radius 1 is 1.42 bits per heavy atom. The average Bonchev–Trinajstić information content (AvgIpc) is 3.35. The first-order valence-electron chi connectivity index (χ1n) is 7.32. The van der Waals surface area contributed by atoms with E-state index in [2.05, 4.69) is 10.3 Å². The summed E-state index contributed by atoms with van der Waals surface area (Å²) in [5.41, 5.74) is 5.59. The fourth-order valence-electron chi connectivity index (χ4n) is 2.66. The van der Waals surface area contributed by atoms with Crippen LogP contribution < -0.4 is 16.6 Å². The lowest BCUT2D eigenvalue weighted by molar-refractivity contribution is -0.384. The summed E-state index contributed by atoms with van der Waals surface area (Å²) in [6, 6.07) is 5.01. The molecule has 1 atom stereocenters. The van der Waals surface area contributed by atoms with Crippen LogP contribution in [0.1, 0.15) is 23.2 Å². The summed E-state index contributed by atoms with van der Waals surface area (Å²) in [5.74, 6) is -0.0736. The van der Waals surface area contributed by atoms with Crippen molar-refractivity contribution in [3.8, 4) is 0 Å². The lowest BCUT2D eigenvalue weighted by Gasteiger charge is -2.16. The number of rotatable bonds is 5.